The Kier molecular flexibility index (Phi) is 3.31. The number of amides is 1. The van der Waals surface area contributed by atoms with Gasteiger partial charge in [0.15, 0.2) is 5.78 Å². The van der Waals surface area contributed by atoms with Gasteiger partial charge in [0.1, 0.15) is 0 Å². The van der Waals surface area contributed by atoms with E-state index in [0.717, 1.165) is 16.7 Å². The van der Waals surface area contributed by atoms with Crippen LogP contribution in [0.25, 0.3) is 11.1 Å². The van der Waals surface area contributed by atoms with Gasteiger partial charge in [-0.05, 0) is 43.4 Å². The SMILES string of the molecule is CN(C)CC(=O)Nc1ccc2c(c1)-c1ccccc1C2=O. The molecule has 0 spiro atoms. The van der Waals surface area contributed by atoms with Crippen LogP contribution in [-0.2, 0) is 4.79 Å². The molecule has 4 heteroatoms. The highest BCUT2D eigenvalue weighted by atomic mass is 16.2. The lowest BCUT2D eigenvalue weighted by Gasteiger charge is -2.11. The van der Waals surface area contributed by atoms with Crippen molar-refractivity contribution in [2.24, 2.45) is 0 Å². The van der Waals surface area contributed by atoms with E-state index in [1.807, 2.05) is 49.3 Å². The molecular weight excluding hydrogens is 264 g/mol. The third kappa shape index (κ3) is 2.45. The van der Waals surface area contributed by atoms with E-state index in [-0.39, 0.29) is 11.7 Å². The molecule has 1 aliphatic rings. The summed E-state index contributed by atoms with van der Waals surface area (Å²) in [5.74, 6) is -0.0238. The zero-order valence-electron chi connectivity index (χ0n) is 12.0. The van der Waals surface area contributed by atoms with Crippen molar-refractivity contribution in [3.05, 3.63) is 53.6 Å². The predicted molar refractivity (Wildman–Crippen MR) is 82.5 cm³/mol. The Morgan fingerprint density at radius 2 is 1.67 bits per heavy atom. The Balaban J connectivity index is 1.93. The van der Waals surface area contributed by atoms with Crippen molar-refractivity contribution in [1.82, 2.24) is 4.90 Å². The summed E-state index contributed by atoms with van der Waals surface area (Å²) in [6.45, 7) is 0.326. The van der Waals surface area contributed by atoms with Crippen LogP contribution in [0.2, 0.25) is 0 Å². The Hall–Kier alpha value is -2.46. The normalized spacial score (nSPS) is 12.2. The van der Waals surface area contributed by atoms with Gasteiger partial charge in [-0.2, -0.15) is 0 Å². The fourth-order valence-corrected chi connectivity index (χ4v) is 2.59. The Bertz CT molecular complexity index is 735. The number of hydrogen-bond acceptors (Lipinski definition) is 3. The van der Waals surface area contributed by atoms with Crippen molar-refractivity contribution >= 4 is 17.4 Å². The van der Waals surface area contributed by atoms with Gasteiger partial charge in [0, 0.05) is 16.8 Å². The first kappa shape index (κ1) is 13.5. The van der Waals surface area contributed by atoms with Crippen molar-refractivity contribution in [1.29, 1.82) is 0 Å². The molecule has 1 N–H and O–H groups in total. The monoisotopic (exact) mass is 280 g/mol. The van der Waals surface area contributed by atoms with Crippen molar-refractivity contribution in [2.75, 3.05) is 26.0 Å². The number of nitrogens with zero attached hydrogens (tertiary/aromatic N) is 1. The van der Waals surface area contributed by atoms with E-state index in [1.165, 1.54) is 0 Å². The summed E-state index contributed by atoms with van der Waals surface area (Å²) in [6, 6.07) is 13.0. The number of benzene rings is 2. The minimum absolute atomic E-state index is 0.0479. The summed E-state index contributed by atoms with van der Waals surface area (Å²) in [5, 5.41) is 2.86. The summed E-state index contributed by atoms with van der Waals surface area (Å²) in [6.07, 6.45) is 0. The molecule has 2 aromatic rings. The van der Waals surface area contributed by atoms with E-state index in [1.54, 1.807) is 12.1 Å². The molecule has 0 bridgehead atoms. The first-order valence-electron chi connectivity index (χ1n) is 6.79. The molecule has 3 rings (SSSR count). The van der Waals surface area contributed by atoms with E-state index in [2.05, 4.69) is 5.32 Å². The number of rotatable bonds is 3. The first-order chi connectivity index (χ1) is 10.1. The fourth-order valence-electron chi connectivity index (χ4n) is 2.59. The average Bonchev–Trinajstić information content (AvgIpc) is 2.72. The molecule has 1 aliphatic carbocycles. The van der Waals surface area contributed by atoms with E-state index in [4.69, 9.17) is 0 Å². The third-order valence-corrected chi connectivity index (χ3v) is 3.47. The van der Waals surface area contributed by atoms with Crippen LogP contribution in [-0.4, -0.2) is 37.2 Å². The molecule has 0 radical (unpaired) electrons. The van der Waals surface area contributed by atoms with Crippen molar-refractivity contribution < 1.29 is 9.59 Å². The number of carbonyl (C=O) groups excluding carboxylic acids is 2. The lowest BCUT2D eigenvalue weighted by atomic mass is 10.1. The molecule has 21 heavy (non-hydrogen) atoms. The van der Waals surface area contributed by atoms with Gasteiger partial charge in [0.2, 0.25) is 5.91 Å². The molecule has 0 aromatic heterocycles. The van der Waals surface area contributed by atoms with Gasteiger partial charge in [-0.3, -0.25) is 9.59 Å². The van der Waals surface area contributed by atoms with Gasteiger partial charge in [-0.25, -0.2) is 0 Å². The van der Waals surface area contributed by atoms with Crippen LogP contribution < -0.4 is 5.32 Å². The van der Waals surface area contributed by atoms with Crippen LogP contribution in [0.15, 0.2) is 42.5 Å². The van der Waals surface area contributed by atoms with E-state index < -0.39 is 0 Å². The molecule has 0 saturated carbocycles. The van der Waals surface area contributed by atoms with Gasteiger partial charge in [-0.1, -0.05) is 24.3 Å². The second kappa shape index (κ2) is 5.14. The molecule has 0 atom stereocenters. The molecule has 4 nitrogen and oxygen atoms in total. The lowest BCUT2D eigenvalue weighted by Crippen LogP contribution is -2.27. The van der Waals surface area contributed by atoms with E-state index in [9.17, 15) is 9.59 Å². The smallest absolute Gasteiger partial charge is 0.238 e. The molecule has 0 fully saturated rings. The Labute approximate surface area is 123 Å². The predicted octanol–water partition coefficient (Wildman–Crippen LogP) is 2.40. The second-order valence-electron chi connectivity index (χ2n) is 5.42. The summed E-state index contributed by atoms with van der Waals surface area (Å²) in [4.78, 5) is 25.9. The fraction of sp³-hybridized carbons (Fsp3) is 0.176. The van der Waals surface area contributed by atoms with Crippen molar-refractivity contribution in [3.63, 3.8) is 0 Å². The number of fused-ring (bicyclic) bond motifs is 3. The Morgan fingerprint density at radius 3 is 2.38 bits per heavy atom. The molecule has 0 unspecified atom stereocenters. The zero-order chi connectivity index (χ0) is 15.0. The minimum Gasteiger partial charge on any atom is -0.325 e. The van der Waals surface area contributed by atoms with Gasteiger partial charge in [0.05, 0.1) is 6.54 Å². The summed E-state index contributed by atoms with van der Waals surface area (Å²) < 4.78 is 0. The van der Waals surface area contributed by atoms with Gasteiger partial charge in [0.25, 0.3) is 0 Å². The van der Waals surface area contributed by atoms with Crippen LogP contribution in [0.5, 0.6) is 0 Å². The van der Waals surface area contributed by atoms with Crippen LogP contribution in [0.4, 0.5) is 5.69 Å². The number of likely N-dealkylation sites (N-methyl/N-ethyl adjacent to an activating group) is 1. The summed E-state index contributed by atoms with van der Waals surface area (Å²) in [7, 11) is 3.69. The number of hydrogen-bond donors (Lipinski definition) is 1. The summed E-state index contributed by atoms with van der Waals surface area (Å²) >= 11 is 0. The quantitative estimate of drug-likeness (QED) is 0.801. The second-order valence-corrected chi connectivity index (χ2v) is 5.42. The largest absolute Gasteiger partial charge is 0.325 e. The minimum atomic E-state index is -0.0717. The van der Waals surface area contributed by atoms with Crippen LogP contribution >= 0.6 is 0 Å². The molecule has 1 amide bonds. The molecule has 0 aliphatic heterocycles. The standard InChI is InChI=1S/C17H16N2O2/c1-19(2)10-16(20)18-11-7-8-14-15(9-11)12-5-3-4-6-13(12)17(14)21/h3-9H,10H2,1-2H3,(H,18,20). The molecule has 2 aromatic carbocycles. The highest BCUT2D eigenvalue weighted by Gasteiger charge is 2.26. The molecular formula is C17H16N2O2. The third-order valence-electron chi connectivity index (χ3n) is 3.47. The van der Waals surface area contributed by atoms with Crippen molar-refractivity contribution in [2.45, 2.75) is 0 Å². The number of nitrogens with one attached hydrogen (secondary N) is 1. The summed E-state index contributed by atoms with van der Waals surface area (Å²) in [5.41, 5.74) is 3.95. The average molecular weight is 280 g/mol. The van der Waals surface area contributed by atoms with Crippen LogP contribution in [0, 0.1) is 0 Å². The van der Waals surface area contributed by atoms with Gasteiger partial charge >= 0.3 is 0 Å². The van der Waals surface area contributed by atoms with Gasteiger partial charge in [-0.15, -0.1) is 0 Å². The van der Waals surface area contributed by atoms with Gasteiger partial charge < -0.3 is 10.2 Å². The Morgan fingerprint density at radius 1 is 1.00 bits per heavy atom. The topological polar surface area (TPSA) is 49.4 Å². The maximum atomic E-state index is 12.3. The zero-order valence-corrected chi connectivity index (χ0v) is 12.0. The number of carbonyl (C=O) groups is 2. The van der Waals surface area contributed by atoms with E-state index >= 15 is 0 Å². The maximum absolute atomic E-state index is 12.3. The van der Waals surface area contributed by atoms with Crippen LogP contribution in [0.3, 0.4) is 0 Å². The first-order valence-corrected chi connectivity index (χ1v) is 6.79. The maximum Gasteiger partial charge on any atom is 0.238 e. The number of anilines is 1. The highest BCUT2D eigenvalue weighted by molar-refractivity contribution is 6.22. The van der Waals surface area contributed by atoms with E-state index in [0.29, 0.717) is 17.8 Å². The van der Waals surface area contributed by atoms with Crippen LogP contribution in [0.1, 0.15) is 15.9 Å². The lowest BCUT2D eigenvalue weighted by molar-refractivity contribution is -0.116. The number of ketones is 1. The molecule has 0 heterocycles. The molecule has 106 valence electrons. The molecule has 0 saturated heterocycles. The van der Waals surface area contributed by atoms with Crippen molar-refractivity contribution in [3.8, 4) is 11.1 Å². The highest BCUT2D eigenvalue weighted by Crippen LogP contribution is 2.37.